The van der Waals surface area contributed by atoms with Gasteiger partial charge in [-0.1, -0.05) is 48.5 Å². The zero-order chi connectivity index (χ0) is 17.6. The summed E-state index contributed by atoms with van der Waals surface area (Å²) in [7, 11) is 0. The number of hydrogen-bond donors (Lipinski definition) is 0. The minimum absolute atomic E-state index is 0.600. The van der Waals surface area contributed by atoms with Crippen LogP contribution in [0.15, 0.2) is 73.1 Å². The molecule has 2 heterocycles. The van der Waals surface area contributed by atoms with Crippen molar-refractivity contribution in [2.24, 2.45) is 5.92 Å². The van der Waals surface area contributed by atoms with Gasteiger partial charge in [0.25, 0.3) is 0 Å². The van der Waals surface area contributed by atoms with Crippen molar-refractivity contribution in [1.29, 1.82) is 0 Å². The molecule has 1 aliphatic heterocycles. The van der Waals surface area contributed by atoms with Crippen LogP contribution >= 0.6 is 0 Å². The van der Waals surface area contributed by atoms with E-state index >= 15 is 0 Å². The highest BCUT2D eigenvalue weighted by Crippen LogP contribution is 2.21. The lowest BCUT2D eigenvalue weighted by Gasteiger charge is -2.31. The molecular formula is C22H25N3O. The maximum absolute atomic E-state index is 6.06. The molecule has 4 rings (SSSR count). The van der Waals surface area contributed by atoms with E-state index in [9.17, 15) is 0 Å². The molecule has 0 aliphatic carbocycles. The number of aromatic nitrogens is 2. The van der Waals surface area contributed by atoms with Crippen LogP contribution < -0.4 is 4.74 Å². The Balaban J connectivity index is 1.28. The molecule has 0 spiro atoms. The van der Waals surface area contributed by atoms with Crippen molar-refractivity contribution in [1.82, 2.24) is 14.5 Å². The van der Waals surface area contributed by atoms with Crippen molar-refractivity contribution >= 4 is 0 Å². The van der Waals surface area contributed by atoms with Crippen LogP contribution in [0, 0.1) is 5.92 Å². The van der Waals surface area contributed by atoms with Crippen LogP contribution in [0.3, 0.4) is 0 Å². The zero-order valence-corrected chi connectivity index (χ0v) is 15.0. The van der Waals surface area contributed by atoms with E-state index in [0.717, 1.165) is 31.9 Å². The molecule has 1 fully saturated rings. The van der Waals surface area contributed by atoms with Gasteiger partial charge in [0.15, 0.2) is 0 Å². The third-order valence-electron chi connectivity index (χ3n) is 5.05. The van der Waals surface area contributed by atoms with Crippen LogP contribution in [0.1, 0.15) is 18.4 Å². The van der Waals surface area contributed by atoms with Gasteiger partial charge in [-0.25, -0.2) is 4.98 Å². The minimum Gasteiger partial charge on any atom is -0.464 e. The molecule has 0 saturated carbocycles. The predicted molar refractivity (Wildman–Crippen MR) is 104 cm³/mol. The molecular weight excluding hydrogens is 322 g/mol. The standard InChI is InChI=1S/C22H25N3O/c1-3-7-19(8-4-1)17-24-14-11-20(12-15-24)18-26-22-23-13-16-25(22)21-9-5-2-6-10-21/h1-10,13,16,20H,11-12,14-15,17-18H2. The van der Waals surface area contributed by atoms with Crippen molar-refractivity contribution in [2.45, 2.75) is 19.4 Å². The normalized spacial score (nSPS) is 15.8. The summed E-state index contributed by atoms with van der Waals surface area (Å²) in [5.41, 5.74) is 2.48. The molecule has 4 nitrogen and oxygen atoms in total. The van der Waals surface area contributed by atoms with Gasteiger partial charge in [-0.05, 0) is 49.5 Å². The van der Waals surface area contributed by atoms with Crippen LogP contribution in [0.2, 0.25) is 0 Å². The summed E-state index contributed by atoms with van der Waals surface area (Å²) < 4.78 is 8.06. The van der Waals surface area contributed by atoms with Crippen molar-refractivity contribution < 1.29 is 4.74 Å². The van der Waals surface area contributed by atoms with E-state index in [-0.39, 0.29) is 0 Å². The van der Waals surface area contributed by atoms with E-state index in [2.05, 4.69) is 52.3 Å². The van der Waals surface area contributed by atoms with E-state index in [0.29, 0.717) is 11.9 Å². The molecule has 1 aliphatic rings. The first kappa shape index (κ1) is 16.9. The van der Waals surface area contributed by atoms with Gasteiger partial charge in [-0.2, -0.15) is 0 Å². The Bertz CT molecular complexity index is 793. The molecule has 0 atom stereocenters. The van der Waals surface area contributed by atoms with Crippen LogP contribution in [-0.4, -0.2) is 34.1 Å². The van der Waals surface area contributed by atoms with Gasteiger partial charge in [0.1, 0.15) is 0 Å². The third kappa shape index (κ3) is 4.14. The second-order valence-corrected chi connectivity index (χ2v) is 6.93. The molecule has 1 saturated heterocycles. The first-order chi connectivity index (χ1) is 12.9. The highest BCUT2D eigenvalue weighted by Gasteiger charge is 2.20. The second kappa shape index (κ2) is 8.19. The zero-order valence-electron chi connectivity index (χ0n) is 15.0. The number of benzene rings is 2. The number of imidazole rings is 1. The van der Waals surface area contributed by atoms with Gasteiger partial charge in [-0.3, -0.25) is 9.47 Å². The average molecular weight is 347 g/mol. The molecule has 4 heteroatoms. The second-order valence-electron chi connectivity index (χ2n) is 6.93. The molecule has 2 aromatic carbocycles. The maximum Gasteiger partial charge on any atom is 0.300 e. The van der Waals surface area contributed by atoms with Crippen LogP contribution in [0.25, 0.3) is 5.69 Å². The fourth-order valence-electron chi connectivity index (χ4n) is 3.53. The summed E-state index contributed by atoms with van der Waals surface area (Å²) in [4.78, 5) is 6.92. The average Bonchev–Trinajstić information content (AvgIpc) is 3.18. The highest BCUT2D eigenvalue weighted by atomic mass is 16.5. The van der Waals surface area contributed by atoms with Crippen molar-refractivity contribution in [3.63, 3.8) is 0 Å². The first-order valence-corrected chi connectivity index (χ1v) is 9.36. The van der Waals surface area contributed by atoms with E-state index in [1.165, 1.54) is 18.4 Å². The molecule has 0 unspecified atom stereocenters. The Morgan fingerprint density at radius 3 is 2.35 bits per heavy atom. The third-order valence-corrected chi connectivity index (χ3v) is 5.05. The van der Waals surface area contributed by atoms with Crippen LogP contribution in [-0.2, 0) is 6.54 Å². The van der Waals surface area contributed by atoms with Crippen molar-refractivity contribution in [2.75, 3.05) is 19.7 Å². The molecule has 0 bridgehead atoms. The number of nitrogens with zero attached hydrogens (tertiary/aromatic N) is 3. The molecule has 26 heavy (non-hydrogen) atoms. The summed E-state index contributed by atoms with van der Waals surface area (Å²) in [6.07, 6.45) is 6.11. The Morgan fingerprint density at radius 1 is 0.923 bits per heavy atom. The monoisotopic (exact) mass is 347 g/mol. The Morgan fingerprint density at radius 2 is 1.62 bits per heavy atom. The molecule has 134 valence electrons. The topological polar surface area (TPSA) is 30.3 Å². The molecule has 0 amide bonds. The Labute approximate surface area is 155 Å². The van der Waals surface area contributed by atoms with Gasteiger partial charge in [0, 0.05) is 18.9 Å². The van der Waals surface area contributed by atoms with Crippen molar-refractivity contribution in [3.05, 3.63) is 78.6 Å². The SMILES string of the molecule is c1ccc(CN2CCC(COc3nccn3-c3ccccc3)CC2)cc1. The Kier molecular flexibility index (Phi) is 5.31. The fraction of sp³-hybridized carbons (Fsp3) is 0.318. The lowest BCUT2D eigenvalue weighted by Crippen LogP contribution is -2.35. The molecule has 1 aromatic heterocycles. The number of likely N-dealkylation sites (tertiary alicyclic amines) is 1. The van der Waals surface area contributed by atoms with Crippen LogP contribution in [0.4, 0.5) is 0 Å². The minimum atomic E-state index is 0.600. The predicted octanol–water partition coefficient (Wildman–Crippen LogP) is 4.16. The number of rotatable bonds is 6. The first-order valence-electron chi connectivity index (χ1n) is 9.36. The fourth-order valence-corrected chi connectivity index (χ4v) is 3.53. The van der Waals surface area contributed by atoms with Gasteiger partial charge in [-0.15, -0.1) is 0 Å². The largest absolute Gasteiger partial charge is 0.464 e. The molecule has 0 N–H and O–H groups in total. The number of hydrogen-bond acceptors (Lipinski definition) is 3. The van der Waals surface area contributed by atoms with Gasteiger partial charge in [0.2, 0.25) is 0 Å². The maximum atomic E-state index is 6.06. The van der Waals surface area contributed by atoms with E-state index < -0.39 is 0 Å². The number of ether oxygens (including phenoxy) is 1. The van der Waals surface area contributed by atoms with Crippen LogP contribution in [0.5, 0.6) is 6.01 Å². The van der Waals surface area contributed by atoms with Gasteiger partial charge >= 0.3 is 6.01 Å². The van der Waals surface area contributed by atoms with E-state index in [1.54, 1.807) is 6.20 Å². The number of piperidine rings is 1. The summed E-state index contributed by atoms with van der Waals surface area (Å²) in [6, 6.07) is 21.6. The Hall–Kier alpha value is -2.59. The lowest BCUT2D eigenvalue weighted by atomic mass is 9.97. The van der Waals surface area contributed by atoms with Crippen molar-refractivity contribution in [3.8, 4) is 11.7 Å². The smallest absolute Gasteiger partial charge is 0.300 e. The summed E-state index contributed by atoms with van der Waals surface area (Å²) in [6.45, 7) is 4.06. The van der Waals surface area contributed by atoms with E-state index in [1.807, 2.05) is 29.0 Å². The highest BCUT2D eigenvalue weighted by molar-refractivity contribution is 5.34. The summed E-state index contributed by atoms with van der Waals surface area (Å²) in [5, 5.41) is 0. The molecule has 0 radical (unpaired) electrons. The van der Waals surface area contributed by atoms with E-state index in [4.69, 9.17) is 4.74 Å². The van der Waals surface area contributed by atoms with Gasteiger partial charge in [0.05, 0.1) is 12.3 Å². The lowest BCUT2D eigenvalue weighted by molar-refractivity contribution is 0.131. The summed E-state index contributed by atoms with van der Waals surface area (Å²) >= 11 is 0. The number of para-hydroxylation sites is 1. The summed E-state index contributed by atoms with van der Waals surface area (Å²) in [5.74, 6) is 0.600. The van der Waals surface area contributed by atoms with Gasteiger partial charge < -0.3 is 4.74 Å². The quantitative estimate of drug-likeness (QED) is 0.671. The molecule has 3 aromatic rings.